The van der Waals surface area contributed by atoms with Crippen LogP contribution in [0.4, 0.5) is 4.79 Å². The Bertz CT molecular complexity index is 1640. The zero-order valence-electron chi connectivity index (χ0n) is 23.0. The molecule has 0 fully saturated rings. The normalized spacial score (nSPS) is 14.6. The highest BCUT2D eigenvalue weighted by Crippen LogP contribution is 2.36. The number of amides is 1. The van der Waals surface area contributed by atoms with Gasteiger partial charge in [0.05, 0.1) is 55.4 Å². The number of hydrogen-bond acceptors (Lipinski definition) is 8. The van der Waals surface area contributed by atoms with Crippen LogP contribution in [0.25, 0.3) is 17.3 Å². The van der Waals surface area contributed by atoms with Crippen LogP contribution in [0, 0.1) is 0 Å². The monoisotopic (exact) mass is 607 g/mol. The Morgan fingerprint density at radius 1 is 1.05 bits per heavy atom. The van der Waals surface area contributed by atoms with Crippen LogP contribution in [-0.2, 0) is 16.1 Å². The van der Waals surface area contributed by atoms with Gasteiger partial charge in [0.2, 0.25) is 0 Å². The van der Waals surface area contributed by atoms with E-state index in [1.54, 1.807) is 42.3 Å². The van der Waals surface area contributed by atoms with Crippen LogP contribution in [-0.4, -0.2) is 52.7 Å². The second-order valence-corrected chi connectivity index (χ2v) is 10.3. The number of nitrogens with zero attached hydrogens (tertiary/aromatic N) is 4. The summed E-state index contributed by atoms with van der Waals surface area (Å²) in [6.07, 6.45) is 2.70. The summed E-state index contributed by atoms with van der Waals surface area (Å²) in [6, 6.07) is 17.6. The van der Waals surface area contributed by atoms with E-state index in [0.29, 0.717) is 44.0 Å². The van der Waals surface area contributed by atoms with Crippen molar-refractivity contribution in [2.45, 2.75) is 19.5 Å². The van der Waals surface area contributed by atoms with Gasteiger partial charge in [-0.05, 0) is 66.6 Å². The smallest absolute Gasteiger partial charge is 0.497 e. The number of methoxy groups -OCH3 is 2. The van der Waals surface area contributed by atoms with Gasteiger partial charge in [0, 0.05) is 16.8 Å². The summed E-state index contributed by atoms with van der Waals surface area (Å²) in [6.45, 7) is 2.08. The van der Waals surface area contributed by atoms with Crippen molar-refractivity contribution in [1.29, 1.82) is 0 Å². The van der Waals surface area contributed by atoms with E-state index in [1.165, 1.54) is 12.2 Å². The molecule has 0 spiro atoms. The predicted octanol–water partition coefficient (Wildman–Crippen LogP) is 6.13. The minimum atomic E-state index is -0.884. The van der Waals surface area contributed by atoms with Crippen molar-refractivity contribution in [3.8, 4) is 11.4 Å². The van der Waals surface area contributed by atoms with Crippen molar-refractivity contribution >= 4 is 46.9 Å². The molecule has 1 aliphatic rings. The quantitative estimate of drug-likeness (QED) is 0.250. The number of rotatable bonds is 7. The molecule has 0 bridgehead atoms. The third-order valence-corrected chi connectivity index (χ3v) is 7.17. The summed E-state index contributed by atoms with van der Waals surface area (Å²) in [5, 5.41) is 9.95. The van der Waals surface area contributed by atoms with Gasteiger partial charge in [0.25, 0.3) is 5.91 Å². The zero-order valence-corrected chi connectivity index (χ0v) is 24.5. The number of aromatic nitrogens is 3. The Labute approximate surface area is 252 Å². The number of carbonyl (C=O) groups is 2. The number of ether oxygens (including phenoxy) is 2. The molecule has 2 aromatic heterocycles. The zero-order chi connectivity index (χ0) is 29.8. The fraction of sp³-hybridized carbons (Fsp3) is 0.200. The molecule has 3 heterocycles. The molecule has 0 saturated heterocycles. The molecular weight excluding hydrogens is 581 g/mol. The Morgan fingerprint density at radius 3 is 2.50 bits per heavy atom. The van der Waals surface area contributed by atoms with Crippen molar-refractivity contribution in [1.82, 2.24) is 25.1 Å². The van der Waals surface area contributed by atoms with Crippen LogP contribution in [0.2, 0.25) is 10.0 Å². The first-order valence-corrected chi connectivity index (χ1v) is 13.7. The van der Waals surface area contributed by atoms with E-state index in [9.17, 15) is 9.59 Å². The van der Waals surface area contributed by atoms with Gasteiger partial charge in [0.15, 0.2) is 5.69 Å². The number of hydrogen-bond donors (Lipinski definition) is 1. The van der Waals surface area contributed by atoms with E-state index in [4.69, 9.17) is 42.6 Å². The van der Waals surface area contributed by atoms with Crippen LogP contribution in [0.5, 0.6) is 5.75 Å². The standard InChI is InChI=1S/C30H27Cl2N5O5/c1-18(25-6-4-5-13-33-25)34-29(38)27-23-17-36(42-30(39)41-3)16-20(14-19-7-10-22(40-2)11-8-19)28(23)37(35-27)26-12-9-21(31)15-24(26)32/h4-15,18H,16-17H2,1-3H3,(H,34,38)/b20-14+/t18-/m1/s1. The number of carbonyl (C=O) groups excluding carboxylic acids is 2. The summed E-state index contributed by atoms with van der Waals surface area (Å²) < 4.78 is 11.6. The molecule has 2 aromatic carbocycles. The molecule has 0 aliphatic carbocycles. The van der Waals surface area contributed by atoms with Gasteiger partial charge in [-0.1, -0.05) is 41.4 Å². The van der Waals surface area contributed by atoms with E-state index in [0.717, 1.165) is 5.56 Å². The Balaban J connectivity index is 1.66. The molecule has 0 saturated carbocycles. The molecule has 0 unspecified atom stereocenters. The Kier molecular flexibility index (Phi) is 8.77. The summed E-state index contributed by atoms with van der Waals surface area (Å²) >= 11 is 12.8. The predicted molar refractivity (Wildman–Crippen MR) is 158 cm³/mol. The first-order valence-electron chi connectivity index (χ1n) is 12.9. The molecule has 1 N–H and O–H groups in total. The molecule has 0 radical (unpaired) electrons. The van der Waals surface area contributed by atoms with E-state index >= 15 is 0 Å². The third kappa shape index (κ3) is 6.25. The fourth-order valence-corrected chi connectivity index (χ4v) is 5.12. The number of hydroxylamine groups is 2. The Hall–Kier alpha value is -4.38. The molecule has 1 atom stereocenters. The van der Waals surface area contributed by atoms with Gasteiger partial charge >= 0.3 is 6.16 Å². The summed E-state index contributed by atoms with van der Waals surface area (Å²) in [5.41, 5.74) is 4.07. The number of nitrogens with one attached hydrogen (secondary N) is 1. The molecule has 5 rings (SSSR count). The molecule has 4 aromatic rings. The van der Waals surface area contributed by atoms with E-state index < -0.39 is 18.1 Å². The molecule has 12 heteroatoms. The number of benzene rings is 2. The van der Waals surface area contributed by atoms with E-state index in [1.807, 2.05) is 49.4 Å². The van der Waals surface area contributed by atoms with Gasteiger partial charge in [-0.3, -0.25) is 9.78 Å². The topological polar surface area (TPSA) is 108 Å². The lowest BCUT2D eigenvalue weighted by atomic mass is 9.98. The third-order valence-electron chi connectivity index (χ3n) is 6.63. The summed E-state index contributed by atoms with van der Waals surface area (Å²) in [4.78, 5) is 35.6. The highest BCUT2D eigenvalue weighted by atomic mass is 35.5. The number of fused-ring (bicyclic) bond motifs is 1. The molecule has 42 heavy (non-hydrogen) atoms. The highest BCUT2D eigenvalue weighted by Gasteiger charge is 2.34. The van der Waals surface area contributed by atoms with E-state index in [2.05, 4.69) is 10.3 Å². The minimum absolute atomic E-state index is 0.0658. The molecular formula is C30H27Cl2N5O5. The van der Waals surface area contributed by atoms with Crippen molar-refractivity contribution in [3.05, 3.63) is 105 Å². The molecule has 1 amide bonds. The van der Waals surface area contributed by atoms with Crippen LogP contribution in [0.15, 0.2) is 66.9 Å². The van der Waals surface area contributed by atoms with Crippen LogP contribution >= 0.6 is 23.2 Å². The number of pyridine rings is 1. The lowest BCUT2D eigenvalue weighted by molar-refractivity contribution is -0.123. The van der Waals surface area contributed by atoms with Crippen LogP contribution < -0.4 is 10.1 Å². The average Bonchev–Trinajstić information content (AvgIpc) is 3.37. The maximum absolute atomic E-state index is 13.8. The van der Waals surface area contributed by atoms with Gasteiger partial charge < -0.3 is 19.6 Å². The van der Waals surface area contributed by atoms with Crippen molar-refractivity contribution in [2.24, 2.45) is 0 Å². The second-order valence-electron chi connectivity index (χ2n) is 9.42. The summed E-state index contributed by atoms with van der Waals surface area (Å²) in [7, 11) is 2.82. The first kappa shape index (κ1) is 29.1. The van der Waals surface area contributed by atoms with Gasteiger partial charge in [-0.25, -0.2) is 9.48 Å². The minimum Gasteiger partial charge on any atom is -0.497 e. The molecule has 1 aliphatic heterocycles. The molecule has 216 valence electrons. The highest BCUT2D eigenvalue weighted by molar-refractivity contribution is 6.35. The second kappa shape index (κ2) is 12.6. The van der Waals surface area contributed by atoms with Crippen molar-refractivity contribution in [3.63, 3.8) is 0 Å². The largest absolute Gasteiger partial charge is 0.527 e. The maximum atomic E-state index is 13.8. The van der Waals surface area contributed by atoms with Gasteiger partial charge in [-0.2, -0.15) is 5.10 Å². The van der Waals surface area contributed by atoms with Crippen molar-refractivity contribution in [2.75, 3.05) is 20.8 Å². The van der Waals surface area contributed by atoms with Gasteiger partial charge in [-0.15, -0.1) is 5.06 Å². The van der Waals surface area contributed by atoms with Crippen LogP contribution in [0.1, 0.15) is 46.0 Å². The summed E-state index contributed by atoms with van der Waals surface area (Å²) in [5.74, 6) is 0.271. The lowest BCUT2D eigenvalue weighted by Crippen LogP contribution is -2.34. The SMILES string of the molecule is COC(=O)ON1C/C(=C\c2ccc(OC)cc2)c2c(c(C(=O)N[C@H](C)c3ccccn3)nn2-c2ccc(Cl)cc2Cl)C1. The van der Waals surface area contributed by atoms with Crippen LogP contribution in [0.3, 0.4) is 0 Å². The maximum Gasteiger partial charge on any atom is 0.527 e. The van der Waals surface area contributed by atoms with Gasteiger partial charge in [0.1, 0.15) is 5.75 Å². The average molecular weight is 608 g/mol. The lowest BCUT2D eigenvalue weighted by Gasteiger charge is -2.28. The Morgan fingerprint density at radius 2 is 1.83 bits per heavy atom. The van der Waals surface area contributed by atoms with Crippen molar-refractivity contribution < 1.29 is 23.9 Å². The molecule has 10 nitrogen and oxygen atoms in total. The van der Waals surface area contributed by atoms with E-state index in [-0.39, 0.29) is 18.8 Å². The first-order chi connectivity index (χ1) is 20.3. The number of halogens is 2. The fourth-order valence-electron chi connectivity index (χ4n) is 4.63.